The monoisotopic (exact) mass is 387 g/mol. The molecule has 1 aromatic carbocycles. The lowest BCUT2D eigenvalue weighted by molar-refractivity contribution is -0.121. The highest BCUT2D eigenvalue weighted by atomic mass is 16.6. The lowest BCUT2D eigenvalue weighted by Gasteiger charge is -2.24. The molecular formula is C20H25N3O5. The zero-order valence-electron chi connectivity index (χ0n) is 16.3. The van der Waals surface area contributed by atoms with Gasteiger partial charge < -0.3 is 19.2 Å². The van der Waals surface area contributed by atoms with E-state index in [9.17, 15) is 9.59 Å². The Balaban J connectivity index is 1.53. The van der Waals surface area contributed by atoms with Gasteiger partial charge in [0.25, 0.3) is 0 Å². The number of hydrogen-bond donors (Lipinski definition) is 2. The van der Waals surface area contributed by atoms with Crippen LogP contribution in [0.1, 0.15) is 25.4 Å². The number of furan rings is 1. The summed E-state index contributed by atoms with van der Waals surface area (Å²) in [6, 6.07) is 8.36. The molecule has 1 aliphatic heterocycles. The molecular weight excluding hydrogens is 362 g/mol. The first-order valence-corrected chi connectivity index (χ1v) is 9.20. The number of urea groups is 1. The van der Waals surface area contributed by atoms with Gasteiger partial charge in [-0.3, -0.25) is 15.0 Å². The summed E-state index contributed by atoms with van der Waals surface area (Å²) in [6.07, 6.45) is 0. The van der Waals surface area contributed by atoms with Gasteiger partial charge in [0.05, 0.1) is 13.1 Å². The Morgan fingerprint density at radius 1 is 1.11 bits per heavy atom. The molecule has 3 rings (SSSR count). The molecule has 28 heavy (non-hydrogen) atoms. The number of hydrogen-bond acceptors (Lipinski definition) is 6. The van der Waals surface area contributed by atoms with Gasteiger partial charge in [0, 0.05) is 17.8 Å². The first-order valence-electron chi connectivity index (χ1n) is 9.20. The number of amides is 3. The highest BCUT2D eigenvalue weighted by Crippen LogP contribution is 2.32. The minimum Gasteiger partial charge on any atom is -0.486 e. The number of aryl methyl sites for hydroxylation is 1. The van der Waals surface area contributed by atoms with E-state index < -0.39 is 11.9 Å². The molecule has 0 fully saturated rings. The quantitative estimate of drug-likeness (QED) is 0.792. The Bertz CT molecular complexity index is 846. The van der Waals surface area contributed by atoms with Crippen molar-refractivity contribution >= 4 is 17.6 Å². The van der Waals surface area contributed by atoms with Crippen LogP contribution in [0.3, 0.4) is 0 Å². The van der Waals surface area contributed by atoms with Crippen LogP contribution in [0.2, 0.25) is 0 Å². The molecule has 1 aliphatic rings. The second-order valence-electron chi connectivity index (χ2n) is 6.87. The molecule has 8 heteroatoms. The minimum atomic E-state index is -0.598. The molecule has 2 heterocycles. The van der Waals surface area contributed by atoms with Crippen LogP contribution < -0.4 is 20.1 Å². The van der Waals surface area contributed by atoms with E-state index in [4.69, 9.17) is 13.9 Å². The third kappa shape index (κ3) is 5.26. The van der Waals surface area contributed by atoms with Crippen molar-refractivity contribution in [2.24, 2.45) is 0 Å². The van der Waals surface area contributed by atoms with Crippen LogP contribution in [0.25, 0.3) is 0 Å². The number of carbonyl (C=O) groups excluding carboxylic acids is 2. The van der Waals surface area contributed by atoms with Crippen LogP contribution in [0.15, 0.2) is 34.7 Å². The van der Waals surface area contributed by atoms with Gasteiger partial charge in [-0.25, -0.2) is 4.79 Å². The molecule has 8 nitrogen and oxygen atoms in total. The average Bonchev–Trinajstić information content (AvgIpc) is 3.05. The van der Waals surface area contributed by atoms with Gasteiger partial charge in [-0.2, -0.15) is 0 Å². The average molecular weight is 387 g/mol. The molecule has 1 aromatic heterocycles. The first-order chi connectivity index (χ1) is 13.4. The predicted octanol–water partition coefficient (Wildman–Crippen LogP) is 2.92. The number of carbonyl (C=O) groups is 2. The van der Waals surface area contributed by atoms with Crippen molar-refractivity contribution in [2.45, 2.75) is 33.4 Å². The van der Waals surface area contributed by atoms with E-state index in [1.165, 1.54) is 0 Å². The van der Waals surface area contributed by atoms with Crippen LogP contribution in [0.4, 0.5) is 10.5 Å². The Morgan fingerprint density at radius 2 is 1.86 bits per heavy atom. The van der Waals surface area contributed by atoms with E-state index in [1.54, 1.807) is 18.2 Å². The third-order valence-corrected chi connectivity index (χ3v) is 4.28. The summed E-state index contributed by atoms with van der Waals surface area (Å²) in [5.41, 5.74) is 0.515. The normalized spacial score (nSPS) is 12.9. The summed E-state index contributed by atoms with van der Waals surface area (Å²) < 4.78 is 16.5. The summed E-state index contributed by atoms with van der Waals surface area (Å²) in [5.74, 6) is 2.40. The van der Waals surface area contributed by atoms with E-state index in [1.807, 2.05) is 37.8 Å². The fraction of sp³-hybridized carbons (Fsp3) is 0.400. The summed E-state index contributed by atoms with van der Waals surface area (Å²) in [6.45, 7) is 7.36. The molecule has 0 saturated carbocycles. The maximum absolute atomic E-state index is 12.3. The number of nitrogens with one attached hydrogen (secondary N) is 2. The maximum Gasteiger partial charge on any atom is 0.325 e. The second-order valence-corrected chi connectivity index (χ2v) is 6.87. The Kier molecular flexibility index (Phi) is 6.20. The maximum atomic E-state index is 12.3. The Hall–Kier alpha value is -3.00. The van der Waals surface area contributed by atoms with Crippen LogP contribution in [0.5, 0.6) is 11.5 Å². The SMILES string of the molecule is Cc1ccc(CN(CC(=O)NC(=O)Nc2ccc3c(c2)OCCO3)C(C)C)o1. The van der Waals surface area contributed by atoms with Gasteiger partial charge in [-0.1, -0.05) is 0 Å². The molecule has 0 bridgehead atoms. The number of nitrogens with zero attached hydrogens (tertiary/aromatic N) is 1. The van der Waals surface area contributed by atoms with E-state index in [0.29, 0.717) is 36.9 Å². The molecule has 0 unspecified atom stereocenters. The summed E-state index contributed by atoms with van der Waals surface area (Å²) >= 11 is 0. The van der Waals surface area contributed by atoms with Crippen molar-refractivity contribution in [2.75, 3.05) is 25.1 Å². The van der Waals surface area contributed by atoms with Crippen LogP contribution in [0, 0.1) is 6.92 Å². The van der Waals surface area contributed by atoms with Crippen LogP contribution in [-0.4, -0.2) is 42.6 Å². The largest absolute Gasteiger partial charge is 0.486 e. The van der Waals surface area contributed by atoms with E-state index in [2.05, 4.69) is 10.6 Å². The zero-order valence-corrected chi connectivity index (χ0v) is 16.3. The van der Waals surface area contributed by atoms with Gasteiger partial charge in [0.15, 0.2) is 11.5 Å². The van der Waals surface area contributed by atoms with E-state index in [-0.39, 0.29) is 12.6 Å². The van der Waals surface area contributed by atoms with Gasteiger partial charge in [0.2, 0.25) is 5.91 Å². The van der Waals surface area contributed by atoms with Gasteiger partial charge >= 0.3 is 6.03 Å². The van der Waals surface area contributed by atoms with E-state index in [0.717, 1.165) is 11.5 Å². The molecule has 0 spiro atoms. The number of rotatable bonds is 6. The smallest absolute Gasteiger partial charge is 0.325 e. The van der Waals surface area contributed by atoms with Gasteiger partial charge in [0.1, 0.15) is 24.7 Å². The molecule has 0 saturated heterocycles. The second kappa shape index (κ2) is 8.79. The third-order valence-electron chi connectivity index (χ3n) is 4.28. The summed E-state index contributed by atoms with van der Waals surface area (Å²) in [7, 11) is 0. The molecule has 150 valence electrons. The fourth-order valence-electron chi connectivity index (χ4n) is 2.83. The van der Waals surface area contributed by atoms with Crippen molar-refractivity contribution in [3.05, 3.63) is 41.9 Å². The standard InChI is InChI=1S/C20H25N3O5/c1-13(2)23(11-16-6-4-14(3)28-16)12-19(24)22-20(25)21-15-5-7-17-18(10-15)27-9-8-26-17/h4-7,10,13H,8-9,11-12H2,1-3H3,(H2,21,22,24,25). The molecule has 3 amide bonds. The summed E-state index contributed by atoms with van der Waals surface area (Å²) in [4.78, 5) is 26.4. The number of benzene rings is 1. The molecule has 0 radical (unpaired) electrons. The van der Waals surface area contributed by atoms with Crippen LogP contribution >= 0.6 is 0 Å². The highest BCUT2D eigenvalue weighted by molar-refractivity contribution is 6.01. The fourth-order valence-corrected chi connectivity index (χ4v) is 2.83. The van der Waals surface area contributed by atoms with Crippen molar-refractivity contribution in [1.29, 1.82) is 0 Å². The first kappa shape index (κ1) is 19.8. The zero-order chi connectivity index (χ0) is 20.1. The lowest BCUT2D eigenvalue weighted by atomic mass is 10.2. The molecule has 0 aliphatic carbocycles. The van der Waals surface area contributed by atoms with E-state index >= 15 is 0 Å². The van der Waals surface area contributed by atoms with Crippen molar-refractivity contribution in [1.82, 2.24) is 10.2 Å². The number of ether oxygens (including phenoxy) is 2. The number of imide groups is 1. The Labute approximate surface area is 163 Å². The summed E-state index contributed by atoms with van der Waals surface area (Å²) in [5, 5.41) is 4.99. The predicted molar refractivity (Wildman–Crippen MR) is 104 cm³/mol. The lowest BCUT2D eigenvalue weighted by Crippen LogP contribution is -2.43. The molecule has 2 N–H and O–H groups in total. The molecule has 0 atom stereocenters. The van der Waals surface area contributed by atoms with Crippen LogP contribution in [-0.2, 0) is 11.3 Å². The van der Waals surface area contributed by atoms with Crippen molar-refractivity contribution in [3.63, 3.8) is 0 Å². The van der Waals surface area contributed by atoms with Crippen molar-refractivity contribution in [3.8, 4) is 11.5 Å². The Morgan fingerprint density at radius 3 is 2.54 bits per heavy atom. The van der Waals surface area contributed by atoms with Gasteiger partial charge in [-0.05, 0) is 45.0 Å². The van der Waals surface area contributed by atoms with Gasteiger partial charge in [-0.15, -0.1) is 0 Å². The highest BCUT2D eigenvalue weighted by Gasteiger charge is 2.18. The number of fused-ring (bicyclic) bond motifs is 1. The molecule has 2 aromatic rings. The minimum absolute atomic E-state index is 0.0754. The number of anilines is 1. The van der Waals surface area contributed by atoms with Crippen molar-refractivity contribution < 1.29 is 23.5 Å². The topological polar surface area (TPSA) is 93.0 Å².